The van der Waals surface area contributed by atoms with Crippen LogP contribution in [0.1, 0.15) is 10.4 Å². The van der Waals surface area contributed by atoms with Crippen LogP contribution in [0.15, 0.2) is 59.5 Å². The molecule has 0 heterocycles. The van der Waals surface area contributed by atoms with Gasteiger partial charge in [0.1, 0.15) is 0 Å². The topological polar surface area (TPSA) is 107 Å². The molecule has 0 bridgehead atoms. The fraction of sp³-hybridized carbons (Fsp3) is 0.125. The predicted molar refractivity (Wildman–Crippen MR) is 85.7 cm³/mol. The van der Waals surface area contributed by atoms with Crippen molar-refractivity contribution in [2.45, 2.75) is 4.90 Å². The monoisotopic (exact) mass is 347 g/mol. The van der Waals surface area contributed by atoms with Crippen molar-refractivity contribution in [3.63, 3.8) is 0 Å². The first-order valence-corrected chi connectivity index (χ1v) is 8.37. The lowest BCUT2D eigenvalue weighted by molar-refractivity contribution is -0.255. The summed E-state index contributed by atoms with van der Waals surface area (Å²) in [6.45, 7) is -0.376. The van der Waals surface area contributed by atoms with Crippen molar-refractivity contribution in [3.05, 3.63) is 60.2 Å². The zero-order valence-corrected chi connectivity index (χ0v) is 13.6. The summed E-state index contributed by atoms with van der Waals surface area (Å²) < 4.78 is 25.6. The van der Waals surface area contributed by atoms with Gasteiger partial charge in [-0.3, -0.25) is 4.79 Å². The number of hydrogen-bond acceptors (Lipinski definition) is 5. The van der Waals surface area contributed by atoms with Crippen LogP contribution in [0, 0.1) is 0 Å². The highest BCUT2D eigenvalue weighted by molar-refractivity contribution is 7.89. The standard InChI is InChI=1S/C16H16N2O5S/c1-18(24(22,23)14-5-3-2-4-6-14)11-15(19)17-13-9-7-12(8-10-13)16(20)21/h2-10H,11H2,1H3,(H,17,19)(H,20,21)/p-1. The number of aromatic carboxylic acids is 1. The molecule has 0 aliphatic carbocycles. The molecule has 24 heavy (non-hydrogen) atoms. The number of carboxylic acids is 1. The first-order valence-electron chi connectivity index (χ1n) is 6.93. The summed E-state index contributed by atoms with van der Waals surface area (Å²) >= 11 is 0. The van der Waals surface area contributed by atoms with E-state index in [0.29, 0.717) is 5.69 Å². The normalized spacial score (nSPS) is 11.2. The minimum absolute atomic E-state index is 0.0169. The van der Waals surface area contributed by atoms with Crippen molar-refractivity contribution in [2.24, 2.45) is 0 Å². The molecule has 0 fully saturated rings. The van der Waals surface area contributed by atoms with E-state index in [0.717, 1.165) is 4.31 Å². The van der Waals surface area contributed by atoms with E-state index in [1.165, 1.54) is 43.4 Å². The van der Waals surface area contributed by atoms with Crippen LogP contribution in [0.25, 0.3) is 0 Å². The van der Waals surface area contributed by atoms with Gasteiger partial charge < -0.3 is 15.2 Å². The molecule has 2 rings (SSSR count). The quantitative estimate of drug-likeness (QED) is 0.809. The summed E-state index contributed by atoms with van der Waals surface area (Å²) in [5.41, 5.74) is 0.340. The molecule has 126 valence electrons. The molecule has 0 unspecified atom stereocenters. The zero-order chi connectivity index (χ0) is 17.7. The third-order valence-electron chi connectivity index (χ3n) is 3.22. The van der Waals surface area contributed by atoms with Crippen molar-refractivity contribution in [1.29, 1.82) is 0 Å². The molecular weight excluding hydrogens is 332 g/mol. The van der Waals surface area contributed by atoms with Crippen LogP contribution in [0.3, 0.4) is 0 Å². The van der Waals surface area contributed by atoms with E-state index >= 15 is 0 Å². The molecule has 0 aliphatic rings. The maximum atomic E-state index is 12.3. The molecule has 0 aromatic heterocycles. The lowest BCUT2D eigenvalue weighted by atomic mass is 10.2. The second kappa shape index (κ2) is 7.24. The third kappa shape index (κ3) is 4.18. The van der Waals surface area contributed by atoms with Crippen LogP contribution in [0.4, 0.5) is 5.69 Å². The first-order chi connectivity index (χ1) is 11.3. The second-order valence-electron chi connectivity index (χ2n) is 4.99. The molecule has 0 aliphatic heterocycles. The van der Waals surface area contributed by atoms with Crippen LogP contribution < -0.4 is 10.4 Å². The van der Waals surface area contributed by atoms with Gasteiger partial charge in [0.05, 0.1) is 17.4 Å². The maximum absolute atomic E-state index is 12.3. The smallest absolute Gasteiger partial charge is 0.243 e. The van der Waals surface area contributed by atoms with E-state index < -0.39 is 21.9 Å². The molecule has 0 saturated carbocycles. The number of carbonyl (C=O) groups excluding carboxylic acids is 2. The van der Waals surface area contributed by atoms with Crippen molar-refractivity contribution in [2.75, 3.05) is 18.9 Å². The largest absolute Gasteiger partial charge is 0.545 e. The van der Waals surface area contributed by atoms with E-state index in [9.17, 15) is 23.1 Å². The predicted octanol–water partition coefficient (Wildman–Crippen LogP) is 0.309. The van der Waals surface area contributed by atoms with Gasteiger partial charge in [0.15, 0.2) is 0 Å². The molecule has 2 aromatic rings. The number of carboxylic acid groups (broad SMARTS) is 1. The highest BCUT2D eigenvalue weighted by Gasteiger charge is 2.22. The summed E-state index contributed by atoms with van der Waals surface area (Å²) in [6.07, 6.45) is 0. The minimum Gasteiger partial charge on any atom is -0.545 e. The summed E-state index contributed by atoms with van der Waals surface area (Å²) in [7, 11) is -2.45. The Morgan fingerprint density at radius 1 is 1.04 bits per heavy atom. The van der Waals surface area contributed by atoms with Gasteiger partial charge in [0, 0.05) is 12.7 Å². The number of rotatable bonds is 6. The van der Waals surface area contributed by atoms with Crippen LogP contribution in [-0.2, 0) is 14.8 Å². The lowest BCUT2D eigenvalue weighted by Crippen LogP contribution is -2.34. The van der Waals surface area contributed by atoms with Gasteiger partial charge in [-0.05, 0) is 29.8 Å². The number of amides is 1. The number of carbonyl (C=O) groups is 2. The van der Waals surface area contributed by atoms with Gasteiger partial charge in [-0.25, -0.2) is 8.42 Å². The number of nitrogens with one attached hydrogen (secondary N) is 1. The van der Waals surface area contributed by atoms with Crippen molar-refractivity contribution in [3.8, 4) is 0 Å². The number of anilines is 1. The van der Waals surface area contributed by atoms with Crippen LogP contribution in [-0.4, -0.2) is 38.2 Å². The Bertz CT molecular complexity index is 833. The van der Waals surface area contributed by atoms with Gasteiger partial charge in [-0.15, -0.1) is 0 Å². The lowest BCUT2D eigenvalue weighted by Gasteiger charge is -2.17. The molecule has 0 saturated heterocycles. The molecule has 2 aromatic carbocycles. The Morgan fingerprint density at radius 2 is 1.62 bits per heavy atom. The SMILES string of the molecule is CN(CC(=O)Nc1ccc(C(=O)[O-])cc1)S(=O)(=O)c1ccccc1. The molecule has 7 nitrogen and oxygen atoms in total. The summed E-state index contributed by atoms with van der Waals surface area (Å²) in [5, 5.41) is 13.2. The first kappa shape index (κ1) is 17.6. The Hall–Kier alpha value is -2.71. The minimum atomic E-state index is -3.76. The number of benzene rings is 2. The van der Waals surface area contributed by atoms with E-state index in [1.54, 1.807) is 18.2 Å². The van der Waals surface area contributed by atoms with E-state index in [-0.39, 0.29) is 17.0 Å². The van der Waals surface area contributed by atoms with Crippen molar-refractivity contribution >= 4 is 27.6 Å². The summed E-state index contributed by atoms with van der Waals surface area (Å²) in [4.78, 5) is 22.7. The average Bonchev–Trinajstić information content (AvgIpc) is 2.56. The fourth-order valence-electron chi connectivity index (χ4n) is 1.95. The van der Waals surface area contributed by atoms with Gasteiger partial charge in [-0.1, -0.05) is 30.3 Å². The Balaban J connectivity index is 2.02. The summed E-state index contributed by atoms with van der Waals surface area (Å²) in [6, 6.07) is 13.2. The molecule has 0 radical (unpaired) electrons. The molecule has 1 N–H and O–H groups in total. The van der Waals surface area contributed by atoms with E-state index in [4.69, 9.17) is 0 Å². The van der Waals surface area contributed by atoms with E-state index in [1.807, 2.05) is 0 Å². The maximum Gasteiger partial charge on any atom is 0.243 e. The Labute approximate surface area is 139 Å². The molecule has 0 spiro atoms. The van der Waals surface area contributed by atoms with Crippen molar-refractivity contribution in [1.82, 2.24) is 4.31 Å². The van der Waals surface area contributed by atoms with E-state index in [2.05, 4.69) is 5.32 Å². The highest BCUT2D eigenvalue weighted by Crippen LogP contribution is 2.14. The van der Waals surface area contributed by atoms with Gasteiger partial charge in [-0.2, -0.15) is 4.31 Å². The van der Waals surface area contributed by atoms with Gasteiger partial charge >= 0.3 is 0 Å². The third-order valence-corrected chi connectivity index (χ3v) is 5.04. The fourth-order valence-corrected chi connectivity index (χ4v) is 3.10. The number of hydrogen-bond donors (Lipinski definition) is 1. The van der Waals surface area contributed by atoms with Crippen molar-refractivity contribution < 1.29 is 23.1 Å². The Morgan fingerprint density at radius 3 is 2.17 bits per heavy atom. The number of likely N-dealkylation sites (N-methyl/N-ethyl adjacent to an activating group) is 1. The van der Waals surface area contributed by atoms with Crippen LogP contribution in [0.5, 0.6) is 0 Å². The molecule has 0 atom stereocenters. The average molecular weight is 347 g/mol. The van der Waals surface area contributed by atoms with Gasteiger partial charge in [0.25, 0.3) is 0 Å². The number of sulfonamides is 1. The molecule has 8 heteroatoms. The summed E-state index contributed by atoms with van der Waals surface area (Å²) in [5.74, 6) is -1.86. The van der Waals surface area contributed by atoms with Crippen LogP contribution >= 0.6 is 0 Å². The molecule has 1 amide bonds. The molecular formula is C16H15N2O5S-. The Kier molecular flexibility index (Phi) is 5.32. The van der Waals surface area contributed by atoms with Gasteiger partial charge in [0.2, 0.25) is 15.9 Å². The highest BCUT2D eigenvalue weighted by atomic mass is 32.2. The zero-order valence-electron chi connectivity index (χ0n) is 12.8. The van der Waals surface area contributed by atoms with Crippen LogP contribution in [0.2, 0.25) is 0 Å². The number of nitrogens with zero attached hydrogens (tertiary/aromatic N) is 1. The second-order valence-corrected chi connectivity index (χ2v) is 7.03.